The van der Waals surface area contributed by atoms with Crippen molar-refractivity contribution in [2.75, 3.05) is 7.11 Å². The molecule has 0 amide bonds. The summed E-state index contributed by atoms with van der Waals surface area (Å²) in [5.41, 5.74) is 1.27. The second-order valence-corrected chi connectivity index (χ2v) is 5.01. The minimum Gasteiger partial charge on any atom is -0.493 e. The lowest BCUT2D eigenvalue weighted by molar-refractivity contribution is -0.131. The number of carboxylic acid groups (broad SMARTS) is 1. The molecule has 0 atom stereocenters. The summed E-state index contributed by atoms with van der Waals surface area (Å²) in [7, 11) is 1.50. The molecule has 0 unspecified atom stereocenters. The fraction of sp³-hybridized carbons (Fsp3) is 0.118. The maximum atomic E-state index is 13.0. The molecule has 0 saturated heterocycles. The van der Waals surface area contributed by atoms with Crippen molar-refractivity contribution < 1.29 is 23.8 Å². The maximum Gasteiger partial charge on any atom is 0.328 e. The summed E-state index contributed by atoms with van der Waals surface area (Å²) in [6.07, 6.45) is 2.47. The maximum absolute atomic E-state index is 13.0. The molecule has 0 heterocycles. The Bertz CT molecular complexity index is 743. The number of hydrogen-bond donors (Lipinski definition) is 1. The lowest BCUT2D eigenvalue weighted by Crippen LogP contribution is -1.99. The van der Waals surface area contributed by atoms with Crippen LogP contribution < -0.4 is 9.47 Å². The molecule has 0 aromatic heterocycles. The topological polar surface area (TPSA) is 55.8 Å². The minimum absolute atomic E-state index is 0.127. The Morgan fingerprint density at radius 2 is 2.04 bits per heavy atom. The van der Waals surface area contributed by atoms with E-state index in [4.69, 9.17) is 26.2 Å². The van der Waals surface area contributed by atoms with Crippen molar-refractivity contribution in [3.63, 3.8) is 0 Å². The molecule has 0 fully saturated rings. The summed E-state index contributed by atoms with van der Waals surface area (Å²) in [6.45, 7) is 0.127. The first kappa shape index (κ1) is 16.8. The predicted molar refractivity (Wildman–Crippen MR) is 85.4 cm³/mol. The summed E-state index contributed by atoms with van der Waals surface area (Å²) < 4.78 is 23.9. The van der Waals surface area contributed by atoms with Gasteiger partial charge in [0.25, 0.3) is 0 Å². The van der Waals surface area contributed by atoms with Crippen LogP contribution in [-0.4, -0.2) is 18.2 Å². The average molecular weight is 337 g/mol. The molecule has 2 aromatic rings. The van der Waals surface area contributed by atoms with Gasteiger partial charge in [-0.3, -0.25) is 0 Å². The Hall–Kier alpha value is -2.53. The molecule has 23 heavy (non-hydrogen) atoms. The molecular formula is C17H14ClFO4. The van der Waals surface area contributed by atoms with Gasteiger partial charge in [0.15, 0.2) is 11.5 Å². The van der Waals surface area contributed by atoms with E-state index < -0.39 is 11.8 Å². The second kappa shape index (κ2) is 7.65. The Morgan fingerprint density at radius 3 is 2.70 bits per heavy atom. The first-order chi connectivity index (χ1) is 11.0. The zero-order chi connectivity index (χ0) is 16.8. The van der Waals surface area contributed by atoms with Gasteiger partial charge in [0.05, 0.1) is 12.1 Å². The molecule has 0 saturated carbocycles. The minimum atomic E-state index is -1.04. The third kappa shape index (κ3) is 4.72. The Labute approximate surface area is 137 Å². The zero-order valence-electron chi connectivity index (χ0n) is 12.3. The Balaban J connectivity index is 2.20. The fourth-order valence-electron chi connectivity index (χ4n) is 1.87. The van der Waals surface area contributed by atoms with Gasteiger partial charge in [-0.15, -0.1) is 0 Å². The summed E-state index contributed by atoms with van der Waals surface area (Å²) in [4.78, 5) is 10.6. The van der Waals surface area contributed by atoms with Crippen molar-refractivity contribution in [2.45, 2.75) is 6.61 Å². The van der Waals surface area contributed by atoms with E-state index in [0.29, 0.717) is 22.6 Å². The molecule has 6 heteroatoms. The van der Waals surface area contributed by atoms with Crippen molar-refractivity contribution in [1.82, 2.24) is 0 Å². The number of benzene rings is 2. The second-order valence-electron chi connectivity index (χ2n) is 4.61. The normalized spacial score (nSPS) is 10.7. The highest BCUT2D eigenvalue weighted by Crippen LogP contribution is 2.30. The highest BCUT2D eigenvalue weighted by atomic mass is 35.5. The summed E-state index contributed by atoms with van der Waals surface area (Å²) in [5.74, 6) is -0.533. The number of ether oxygens (including phenoxy) is 2. The van der Waals surface area contributed by atoms with Crippen LogP contribution in [0, 0.1) is 5.82 Å². The quantitative estimate of drug-likeness (QED) is 0.805. The molecule has 1 N–H and O–H groups in total. The van der Waals surface area contributed by atoms with Crippen LogP contribution in [0.15, 0.2) is 42.5 Å². The van der Waals surface area contributed by atoms with Gasteiger partial charge in [0, 0.05) is 11.6 Å². The van der Waals surface area contributed by atoms with Gasteiger partial charge in [-0.05, 0) is 35.9 Å². The number of rotatable bonds is 6. The molecule has 0 aliphatic carbocycles. The van der Waals surface area contributed by atoms with E-state index in [0.717, 1.165) is 6.08 Å². The number of carbonyl (C=O) groups is 1. The molecular weight excluding hydrogens is 323 g/mol. The van der Waals surface area contributed by atoms with E-state index in [9.17, 15) is 9.18 Å². The van der Waals surface area contributed by atoms with Gasteiger partial charge < -0.3 is 14.6 Å². The molecule has 0 radical (unpaired) electrons. The first-order valence-electron chi connectivity index (χ1n) is 6.65. The lowest BCUT2D eigenvalue weighted by atomic mass is 10.2. The number of carboxylic acids is 1. The fourth-order valence-corrected chi connectivity index (χ4v) is 2.09. The van der Waals surface area contributed by atoms with Gasteiger partial charge in [0.2, 0.25) is 0 Å². The molecule has 0 aliphatic rings. The molecule has 0 aliphatic heterocycles. The molecule has 4 nitrogen and oxygen atoms in total. The first-order valence-corrected chi connectivity index (χ1v) is 7.03. The molecule has 2 aromatic carbocycles. The smallest absolute Gasteiger partial charge is 0.328 e. The average Bonchev–Trinajstić information content (AvgIpc) is 2.52. The lowest BCUT2D eigenvalue weighted by Gasteiger charge is -2.12. The molecule has 0 spiro atoms. The number of methoxy groups -OCH3 is 1. The number of hydrogen-bond acceptors (Lipinski definition) is 3. The van der Waals surface area contributed by atoms with Crippen molar-refractivity contribution in [3.05, 3.63) is 64.4 Å². The van der Waals surface area contributed by atoms with E-state index in [1.54, 1.807) is 24.3 Å². The van der Waals surface area contributed by atoms with Crippen molar-refractivity contribution in [3.8, 4) is 11.5 Å². The predicted octanol–water partition coefficient (Wildman–Crippen LogP) is 4.16. The van der Waals surface area contributed by atoms with Gasteiger partial charge >= 0.3 is 5.97 Å². The van der Waals surface area contributed by atoms with E-state index in [1.165, 1.54) is 25.3 Å². The standard InChI is InChI=1S/C17H14ClFO4/c1-22-15-6-2-11(3-7-17(20)21)8-16(15)23-10-12-4-5-13(19)9-14(12)18/h2-9H,10H2,1H3,(H,20,21)/b7-3+. The van der Waals surface area contributed by atoms with Crippen molar-refractivity contribution in [2.24, 2.45) is 0 Å². The highest BCUT2D eigenvalue weighted by Gasteiger charge is 2.08. The largest absolute Gasteiger partial charge is 0.493 e. The van der Waals surface area contributed by atoms with E-state index in [2.05, 4.69) is 0 Å². The van der Waals surface area contributed by atoms with Gasteiger partial charge in [-0.2, -0.15) is 0 Å². The van der Waals surface area contributed by atoms with Crippen LogP contribution in [0.4, 0.5) is 4.39 Å². The van der Waals surface area contributed by atoms with Gasteiger partial charge in [-0.25, -0.2) is 9.18 Å². The Morgan fingerprint density at radius 1 is 1.26 bits per heavy atom. The third-order valence-corrected chi connectivity index (χ3v) is 3.36. The van der Waals surface area contributed by atoms with Crippen molar-refractivity contribution in [1.29, 1.82) is 0 Å². The highest BCUT2D eigenvalue weighted by molar-refractivity contribution is 6.31. The van der Waals surface area contributed by atoms with Crippen LogP contribution in [-0.2, 0) is 11.4 Å². The SMILES string of the molecule is COc1ccc(/C=C/C(=O)O)cc1OCc1ccc(F)cc1Cl. The summed E-state index contributed by atoms with van der Waals surface area (Å²) in [6, 6.07) is 9.07. The van der Waals surface area contributed by atoms with E-state index in [1.807, 2.05) is 0 Å². The molecule has 0 bridgehead atoms. The van der Waals surface area contributed by atoms with Crippen LogP contribution >= 0.6 is 11.6 Å². The molecule has 120 valence electrons. The van der Waals surface area contributed by atoms with Crippen molar-refractivity contribution >= 4 is 23.6 Å². The van der Waals surface area contributed by atoms with Crippen LogP contribution in [0.1, 0.15) is 11.1 Å². The van der Waals surface area contributed by atoms with E-state index >= 15 is 0 Å². The van der Waals surface area contributed by atoms with Crippen LogP contribution in [0.25, 0.3) is 6.08 Å². The monoisotopic (exact) mass is 336 g/mol. The van der Waals surface area contributed by atoms with Gasteiger partial charge in [0.1, 0.15) is 12.4 Å². The van der Waals surface area contributed by atoms with E-state index in [-0.39, 0.29) is 11.6 Å². The van der Waals surface area contributed by atoms with Crippen LogP contribution in [0.2, 0.25) is 5.02 Å². The summed E-state index contributed by atoms with van der Waals surface area (Å²) >= 11 is 5.96. The third-order valence-electron chi connectivity index (χ3n) is 3.00. The van der Waals surface area contributed by atoms with Gasteiger partial charge in [-0.1, -0.05) is 23.7 Å². The zero-order valence-corrected chi connectivity index (χ0v) is 13.0. The van der Waals surface area contributed by atoms with Crippen LogP contribution in [0.5, 0.6) is 11.5 Å². The summed E-state index contributed by atoms with van der Waals surface area (Å²) in [5, 5.41) is 8.93. The Kier molecular flexibility index (Phi) is 5.60. The number of aliphatic carboxylic acids is 1. The van der Waals surface area contributed by atoms with Crippen LogP contribution in [0.3, 0.4) is 0 Å². The number of halogens is 2. The molecule has 2 rings (SSSR count).